The maximum Gasteiger partial charge on any atom is 0.181 e. The van der Waals surface area contributed by atoms with Gasteiger partial charge < -0.3 is 0 Å². The van der Waals surface area contributed by atoms with Gasteiger partial charge in [0.15, 0.2) is 10.8 Å². The normalized spacial score (nSPS) is 11.4. The summed E-state index contributed by atoms with van der Waals surface area (Å²) >= 11 is 5.84. The molecule has 0 amide bonds. The minimum Gasteiger partial charge on any atom is -0.199 e. The molecule has 0 spiro atoms. The molecule has 4 nitrogen and oxygen atoms in total. The summed E-state index contributed by atoms with van der Waals surface area (Å²) in [5, 5.41) is 12.3. The van der Waals surface area contributed by atoms with Crippen LogP contribution in [0.1, 0.15) is 25.3 Å². The van der Waals surface area contributed by atoms with Gasteiger partial charge in [0.2, 0.25) is 0 Å². The molecular formula is C8H9ClN4. The Morgan fingerprint density at radius 3 is 2.92 bits per heavy atom. The van der Waals surface area contributed by atoms with Crippen LogP contribution >= 0.6 is 11.6 Å². The zero-order chi connectivity index (χ0) is 9.42. The van der Waals surface area contributed by atoms with E-state index in [1.165, 1.54) is 0 Å². The fourth-order valence-corrected chi connectivity index (χ4v) is 1.44. The van der Waals surface area contributed by atoms with Gasteiger partial charge in [0.1, 0.15) is 6.33 Å². The molecule has 68 valence electrons. The van der Waals surface area contributed by atoms with Gasteiger partial charge in [0, 0.05) is 5.56 Å². The molecule has 0 aliphatic heterocycles. The smallest absolute Gasteiger partial charge is 0.181 e. The molecule has 2 heterocycles. The first-order valence-corrected chi connectivity index (χ1v) is 4.42. The number of rotatable bonds is 1. The van der Waals surface area contributed by atoms with Crippen molar-refractivity contribution in [2.45, 2.75) is 19.8 Å². The molecule has 0 atom stereocenters. The number of hydrogen-bond donors (Lipinski definition) is 0. The molecule has 2 aromatic rings. The highest BCUT2D eigenvalue weighted by Crippen LogP contribution is 2.20. The zero-order valence-corrected chi connectivity index (χ0v) is 8.15. The number of hydrogen-bond acceptors (Lipinski definition) is 3. The second-order valence-corrected chi connectivity index (χ2v) is 3.56. The van der Waals surface area contributed by atoms with Gasteiger partial charge in [-0.3, -0.25) is 0 Å². The van der Waals surface area contributed by atoms with E-state index in [1.807, 2.05) is 6.07 Å². The Morgan fingerprint density at radius 1 is 1.46 bits per heavy atom. The first-order valence-electron chi connectivity index (χ1n) is 4.05. The summed E-state index contributed by atoms with van der Waals surface area (Å²) in [6.45, 7) is 4.17. The molecule has 0 radical (unpaired) electrons. The predicted octanol–water partition coefficient (Wildman–Crippen LogP) is 1.90. The third-order valence-corrected chi connectivity index (χ3v) is 2.07. The average Bonchev–Trinajstić information content (AvgIpc) is 2.49. The SMILES string of the molecule is CC(C)c1cc(Cl)nn2cnnc12. The molecule has 0 aliphatic rings. The van der Waals surface area contributed by atoms with Crippen molar-refractivity contribution in [1.29, 1.82) is 0 Å². The van der Waals surface area contributed by atoms with Gasteiger partial charge >= 0.3 is 0 Å². The molecule has 0 bridgehead atoms. The Kier molecular flexibility index (Phi) is 1.92. The molecule has 0 aliphatic carbocycles. The molecule has 0 saturated carbocycles. The average molecular weight is 197 g/mol. The summed E-state index contributed by atoms with van der Waals surface area (Å²) in [4.78, 5) is 0. The lowest BCUT2D eigenvalue weighted by atomic mass is 10.1. The third-order valence-electron chi connectivity index (χ3n) is 1.89. The minimum absolute atomic E-state index is 0.368. The largest absolute Gasteiger partial charge is 0.199 e. The van der Waals surface area contributed by atoms with Crippen LogP contribution in [-0.4, -0.2) is 19.8 Å². The Bertz CT molecular complexity index is 435. The van der Waals surface area contributed by atoms with Gasteiger partial charge in [-0.1, -0.05) is 25.4 Å². The number of aromatic nitrogens is 4. The van der Waals surface area contributed by atoms with Gasteiger partial charge in [-0.2, -0.15) is 9.61 Å². The molecule has 2 aromatic heterocycles. The number of halogens is 1. The number of fused-ring (bicyclic) bond motifs is 1. The van der Waals surface area contributed by atoms with Crippen molar-refractivity contribution in [3.8, 4) is 0 Å². The van der Waals surface area contributed by atoms with Crippen molar-refractivity contribution in [2.75, 3.05) is 0 Å². The summed E-state index contributed by atoms with van der Waals surface area (Å²) in [6, 6.07) is 1.83. The van der Waals surface area contributed by atoms with E-state index in [0.29, 0.717) is 11.1 Å². The second kappa shape index (κ2) is 2.96. The van der Waals surface area contributed by atoms with E-state index < -0.39 is 0 Å². The van der Waals surface area contributed by atoms with Crippen LogP contribution in [0.4, 0.5) is 0 Å². The van der Waals surface area contributed by atoms with E-state index in [4.69, 9.17) is 11.6 Å². The highest BCUT2D eigenvalue weighted by atomic mass is 35.5. The summed E-state index contributed by atoms with van der Waals surface area (Å²) < 4.78 is 1.59. The van der Waals surface area contributed by atoms with Crippen LogP contribution in [0.5, 0.6) is 0 Å². The maximum absolute atomic E-state index is 5.84. The van der Waals surface area contributed by atoms with Crippen LogP contribution in [0.3, 0.4) is 0 Å². The lowest BCUT2D eigenvalue weighted by Crippen LogP contribution is -1.98. The Hall–Kier alpha value is -1.16. The fourth-order valence-electron chi connectivity index (χ4n) is 1.24. The van der Waals surface area contributed by atoms with Gasteiger partial charge in [-0.25, -0.2) is 0 Å². The van der Waals surface area contributed by atoms with Crippen molar-refractivity contribution >= 4 is 17.2 Å². The molecule has 0 fully saturated rings. The van der Waals surface area contributed by atoms with E-state index >= 15 is 0 Å². The Balaban J connectivity index is 2.77. The molecule has 0 saturated heterocycles. The number of nitrogens with zero attached hydrogens (tertiary/aromatic N) is 4. The monoisotopic (exact) mass is 196 g/mol. The minimum atomic E-state index is 0.368. The molecule has 0 N–H and O–H groups in total. The highest BCUT2D eigenvalue weighted by Gasteiger charge is 2.09. The van der Waals surface area contributed by atoms with E-state index in [-0.39, 0.29) is 0 Å². The van der Waals surface area contributed by atoms with E-state index in [0.717, 1.165) is 11.2 Å². The molecule has 0 aromatic carbocycles. The van der Waals surface area contributed by atoms with E-state index in [9.17, 15) is 0 Å². The van der Waals surface area contributed by atoms with Gasteiger partial charge in [-0.05, 0) is 12.0 Å². The van der Waals surface area contributed by atoms with Crippen molar-refractivity contribution in [3.63, 3.8) is 0 Å². The Labute approximate surface area is 80.5 Å². The van der Waals surface area contributed by atoms with Crippen LogP contribution in [0.15, 0.2) is 12.4 Å². The van der Waals surface area contributed by atoms with Crippen molar-refractivity contribution in [3.05, 3.63) is 23.1 Å². The lowest BCUT2D eigenvalue weighted by Gasteiger charge is -2.05. The zero-order valence-electron chi connectivity index (χ0n) is 7.40. The van der Waals surface area contributed by atoms with Crippen LogP contribution in [-0.2, 0) is 0 Å². The quantitative estimate of drug-likeness (QED) is 0.700. The van der Waals surface area contributed by atoms with Crippen molar-refractivity contribution in [2.24, 2.45) is 0 Å². The Morgan fingerprint density at radius 2 is 2.23 bits per heavy atom. The molecular weight excluding hydrogens is 188 g/mol. The van der Waals surface area contributed by atoms with Crippen LogP contribution < -0.4 is 0 Å². The van der Waals surface area contributed by atoms with Crippen molar-refractivity contribution < 1.29 is 0 Å². The van der Waals surface area contributed by atoms with Crippen LogP contribution in [0.25, 0.3) is 5.65 Å². The highest BCUT2D eigenvalue weighted by molar-refractivity contribution is 6.29. The molecule has 5 heteroatoms. The second-order valence-electron chi connectivity index (χ2n) is 3.18. The first-order chi connectivity index (χ1) is 6.18. The van der Waals surface area contributed by atoms with Gasteiger partial charge in [-0.15, -0.1) is 10.2 Å². The summed E-state index contributed by atoms with van der Waals surface area (Å²) in [5.74, 6) is 0.368. The standard InChI is InChI=1S/C8H9ClN4/c1-5(2)6-3-7(9)12-13-4-10-11-8(6)13/h3-5H,1-2H3. The predicted molar refractivity (Wildman–Crippen MR) is 49.9 cm³/mol. The fraction of sp³-hybridized carbons (Fsp3) is 0.375. The van der Waals surface area contributed by atoms with E-state index in [1.54, 1.807) is 10.8 Å². The maximum atomic E-state index is 5.84. The van der Waals surface area contributed by atoms with E-state index in [2.05, 4.69) is 29.1 Å². The third kappa shape index (κ3) is 1.37. The lowest BCUT2D eigenvalue weighted by molar-refractivity contribution is 0.835. The van der Waals surface area contributed by atoms with Crippen molar-refractivity contribution in [1.82, 2.24) is 19.8 Å². The van der Waals surface area contributed by atoms with Crippen LogP contribution in [0, 0.1) is 0 Å². The first kappa shape index (κ1) is 8.44. The van der Waals surface area contributed by atoms with Gasteiger partial charge in [0.25, 0.3) is 0 Å². The summed E-state index contributed by atoms with van der Waals surface area (Å²) in [7, 11) is 0. The molecule has 0 unspecified atom stereocenters. The topological polar surface area (TPSA) is 43.1 Å². The summed E-state index contributed by atoms with van der Waals surface area (Å²) in [6.07, 6.45) is 1.55. The molecule has 13 heavy (non-hydrogen) atoms. The van der Waals surface area contributed by atoms with Gasteiger partial charge in [0.05, 0.1) is 0 Å². The molecule has 2 rings (SSSR count). The van der Waals surface area contributed by atoms with Crippen LogP contribution in [0.2, 0.25) is 5.15 Å². The summed E-state index contributed by atoms with van der Waals surface area (Å²) in [5.41, 5.74) is 1.84.